The SMILES string of the molecule is O=C1OC[C@H]2Cn3nncc3C[C@]12S(=O)(=O)c1ccccc1. The van der Waals surface area contributed by atoms with Gasteiger partial charge in [-0.25, -0.2) is 13.1 Å². The summed E-state index contributed by atoms with van der Waals surface area (Å²) >= 11 is 0. The molecule has 2 atom stereocenters. The molecule has 1 saturated heterocycles. The molecule has 7 nitrogen and oxygen atoms in total. The Hall–Kier alpha value is -2.22. The quantitative estimate of drug-likeness (QED) is 0.735. The van der Waals surface area contributed by atoms with Crippen LogP contribution in [0, 0.1) is 5.92 Å². The summed E-state index contributed by atoms with van der Waals surface area (Å²) in [4.78, 5) is 12.6. The molecule has 0 spiro atoms. The Bertz CT molecular complexity index is 846. The van der Waals surface area contributed by atoms with E-state index in [0.29, 0.717) is 12.2 Å². The molecule has 3 heterocycles. The van der Waals surface area contributed by atoms with E-state index >= 15 is 0 Å². The molecule has 2 aliphatic rings. The number of carbonyl (C=O) groups is 1. The topological polar surface area (TPSA) is 91.2 Å². The van der Waals surface area contributed by atoms with Gasteiger partial charge in [-0.1, -0.05) is 23.4 Å². The van der Waals surface area contributed by atoms with Crippen molar-refractivity contribution in [3.8, 4) is 0 Å². The number of esters is 1. The monoisotopic (exact) mass is 319 g/mol. The number of aromatic nitrogens is 3. The zero-order valence-corrected chi connectivity index (χ0v) is 12.4. The van der Waals surface area contributed by atoms with E-state index in [1.54, 1.807) is 22.9 Å². The van der Waals surface area contributed by atoms with Gasteiger partial charge >= 0.3 is 5.97 Å². The maximum absolute atomic E-state index is 13.2. The van der Waals surface area contributed by atoms with Crippen LogP contribution in [0.15, 0.2) is 41.4 Å². The summed E-state index contributed by atoms with van der Waals surface area (Å²) in [5, 5.41) is 7.74. The third-order valence-corrected chi connectivity index (χ3v) is 6.98. The van der Waals surface area contributed by atoms with Crippen molar-refractivity contribution in [3.63, 3.8) is 0 Å². The normalized spacial score (nSPS) is 27.1. The second-order valence-corrected chi connectivity index (χ2v) is 7.79. The van der Waals surface area contributed by atoms with Crippen LogP contribution in [0.1, 0.15) is 5.69 Å². The molecule has 22 heavy (non-hydrogen) atoms. The molecular formula is C14H13N3O4S. The smallest absolute Gasteiger partial charge is 0.328 e. The van der Waals surface area contributed by atoms with E-state index in [-0.39, 0.29) is 17.9 Å². The molecule has 8 heteroatoms. The van der Waals surface area contributed by atoms with Gasteiger partial charge in [-0.2, -0.15) is 0 Å². The number of nitrogens with zero attached hydrogens (tertiary/aromatic N) is 3. The first kappa shape index (κ1) is 13.4. The van der Waals surface area contributed by atoms with Gasteiger partial charge in [0.1, 0.15) is 0 Å². The van der Waals surface area contributed by atoms with Gasteiger partial charge in [0.15, 0.2) is 14.6 Å². The van der Waals surface area contributed by atoms with Crippen LogP contribution in [0.4, 0.5) is 0 Å². The number of sulfone groups is 1. The zero-order valence-electron chi connectivity index (χ0n) is 11.5. The maximum Gasteiger partial charge on any atom is 0.328 e. The summed E-state index contributed by atoms with van der Waals surface area (Å²) in [5.74, 6) is -1.13. The van der Waals surface area contributed by atoms with E-state index in [4.69, 9.17) is 4.74 Å². The number of cyclic esters (lactones) is 1. The number of hydrogen-bond donors (Lipinski definition) is 0. The Labute approximate surface area is 126 Å². The van der Waals surface area contributed by atoms with Crippen LogP contribution in [0.5, 0.6) is 0 Å². The summed E-state index contributed by atoms with van der Waals surface area (Å²) in [5.41, 5.74) is 0.634. The highest BCUT2D eigenvalue weighted by molar-refractivity contribution is 7.93. The number of rotatable bonds is 2. The van der Waals surface area contributed by atoms with Crippen molar-refractivity contribution in [3.05, 3.63) is 42.2 Å². The van der Waals surface area contributed by atoms with E-state index in [1.165, 1.54) is 18.3 Å². The lowest BCUT2D eigenvalue weighted by atomic mass is 9.87. The second-order valence-electron chi connectivity index (χ2n) is 5.59. The Morgan fingerprint density at radius 2 is 2.05 bits per heavy atom. The van der Waals surface area contributed by atoms with Crippen molar-refractivity contribution in [1.82, 2.24) is 15.0 Å². The number of fused-ring (bicyclic) bond motifs is 2. The number of carbonyl (C=O) groups excluding carboxylic acids is 1. The van der Waals surface area contributed by atoms with Crippen LogP contribution >= 0.6 is 0 Å². The van der Waals surface area contributed by atoms with Gasteiger partial charge in [0, 0.05) is 12.3 Å². The molecule has 1 aromatic carbocycles. The van der Waals surface area contributed by atoms with Gasteiger partial charge in [0.05, 0.1) is 29.9 Å². The molecule has 0 bridgehead atoms. The van der Waals surface area contributed by atoms with E-state index in [2.05, 4.69) is 10.3 Å². The van der Waals surface area contributed by atoms with Crippen LogP contribution in [0.25, 0.3) is 0 Å². The Balaban J connectivity index is 1.92. The van der Waals surface area contributed by atoms with Crippen LogP contribution in [-0.2, 0) is 32.3 Å². The van der Waals surface area contributed by atoms with Crippen molar-refractivity contribution in [1.29, 1.82) is 0 Å². The van der Waals surface area contributed by atoms with E-state index in [9.17, 15) is 13.2 Å². The molecule has 2 aromatic rings. The Kier molecular flexibility index (Phi) is 2.68. The first-order chi connectivity index (χ1) is 10.6. The zero-order chi connectivity index (χ0) is 15.4. The first-order valence-electron chi connectivity index (χ1n) is 6.90. The van der Waals surface area contributed by atoms with Gasteiger partial charge < -0.3 is 4.74 Å². The highest BCUT2D eigenvalue weighted by atomic mass is 32.2. The number of hydrogen-bond acceptors (Lipinski definition) is 6. The standard InChI is InChI=1S/C14H13N3O4S/c18-13-14(22(19,20)12-4-2-1-3-5-12)6-11-7-15-16-17(11)8-10(14)9-21-13/h1-5,7,10H,6,8-9H2/t10-,14-/m1/s1. The van der Waals surface area contributed by atoms with E-state index in [1.807, 2.05) is 0 Å². The summed E-state index contributed by atoms with van der Waals surface area (Å²) in [6, 6.07) is 8.05. The average Bonchev–Trinajstić information content (AvgIpc) is 3.11. The Morgan fingerprint density at radius 3 is 2.82 bits per heavy atom. The van der Waals surface area contributed by atoms with E-state index in [0.717, 1.165) is 0 Å². The molecule has 1 fully saturated rings. The third kappa shape index (κ3) is 1.55. The molecule has 0 saturated carbocycles. The van der Waals surface area contributed by atoms with Crippen LogP contribution < -0.4 is 0 Å². The third-order valence-electron chi connectivity index (χ3n) is 4.49. The van der Waals surface area contributed by atoms with Crippen molar-refractivity contribution in [2.45, 2.75) is 22.6 Å². The minimum Gasteiger partial charge on any atom is -0.464 e. The molecule has 2 aliphatic heterocycles. The van der Waals surface area contributed by atoms with Crippen LogP contribution in [0.2, 0.25) is 0 Å². The lowest BCUT2D eigenvalue weighted by Gasteiger charge is -2.34. The predicted octanol–water partition coefficient (Wildman–Crippen LogP) is 0.220. The summed E-state index contributed by atoms with van der Waals surface area (Å²) in [6.45, 7) is 0.400. The number of benzene rings is 1. The van der Waals surface area contributed by atoms with Gasteiger partial charge in [0.2, 0.25) is 0 Å². The highest BCUT2D eigenvalue weighted by Crippen LogP contribution is 2.44. The molecular weight excluding hydrogens is 306 g/mol. The number of ether oxygens (including phenoxy) is 1. The second kappa shape index (κ2) is 4.39. The van der Waals surface area contributed by atoms with Crippen LogP contribution in [-0.4, -0.2) is 40.7 Å². The van der Waals surface area contributed by atoms with Gasteiger partial charge in [-0.15, -0.1) is 5.10 Å². The maximum atomic E-state index is 13.2. The van der Waals surface area contributed by atoms with E-state index < -0.39 is 26.5 Å². The predicted molar refractivity (Wildman–Crippen MR) is 74.5 cm³/mol. The van der Waals surface area contributed by atoms with Crippen molar-refractivity contribution in [2.75, 3.05) is 6.61 Å². The minimum atomic E-state index is -3.87. The van der Waals surface area contributed by atoms with Crippen LogP contribution in [0.3, 0.4) is 0 Å². The lowest BCUT2D eigenvalue weighted by molar-refractivity contribution is -0.140. The molecule has 0 amide bonds. The molecule has 0 unspecified atom stereocenters. The molecule has 0 N–H and O–H groups in total. The molecule has 4 rings (SSSR count). The fraction of sp³-hybridized carbons (Fsp3) is 0.357. The molecule has 1 aromatic heterocycles. The molecule has 0 radical (unpaired) electrons. The minimum absolute atomic E-state index is 0.0424. The molecule has 114 valence electrons. The largest absolute Gasteiger partial charge is 0.464 e. The van der Waals surface area contributed by atoms with Crippen molar-refractivity contribution < 1.29 is 17.9 Å². The van der Waals surface area contributed by atoms with Gasteiger partial charge in [0.25, 0.3) is 0 Å². The summed E-state index contributed by atoms with van der Waals surface area (Å²) in [6.07, 6.45) is 1.55. The van der Waals surface area contributed by atoms with Crippen molar-refractivity contribution >= 4 is 15.8 Å². The molecule has 0 aliphatic carbocycles. The first-order valence-corrected chi connectivity index (χ1v) is 8.38. The lowest BCUT2D eigenvalue weighted by Crippen LogP contribution is -2.54. The fourth-order valence-electron chi connectivity index (χ4n) is 3.30. The Morgan fingerprint density at radius 1 is 1.27 bits per heavy atom. The fourth-order valence-corrected chi connectivity index (χ4v) is 5.43. The average molecular weight is 319 g/mol. The van der Waals surface area contributed by atoms with Gasteiger partial charge in [-0.05, 0) is 12.1 Å². The highest BCUT2D eigenvalue weighted by Gasteiger charge is 2.64. The summed E-state index contributed by atoms with van der Waals surface area (Å²) < 4.78 is 31.6. The summed E-state index contributed by atoms with van der Waals surface area (Å²) in [7, 11) is -3.87. The van der Waals surface area contributed by atoms with Crippen molar-refractivity contribution in [2.24, 2.45) is 5.92 Å². The van der Waals surface area contributed by atoms with Gasteiger partial charge in [-0.3, -0.25) is 4.79 Å².